The van der Waals surface area contributed by atoms with Gasteiger partial charge in [-0.1, -0.05) is 13.3 Å². The summed E-state index contributed by atoms with van der Waals surface area (Å²) in [4.78, 5) is 0. The Morgan fingerprint density at radius 1 is 1.50 bits per heavy atom. The molecule has 0 aromatic heterocycles. The van der Waals surface area contributed by atoms with Gasteiger partial charge in [-0.3, -0.25) is 0 Å². The van der Waals surface area contributed by atoms with Crippen LogP contribution in [0, 0.1) is 0 Å². The molecule has 1 nitrogen and oxygen atoms in total. The summed E-state index contributed by atoms with van der Waals surface area (Å²) < 4.78 is 0. The minimum absolute atomic E-state index is 0. The molecule has 0 rings (SSSR count). The zero-order valence-corrected chi connectivity index (χ0v) is 3.57. The molecule has 0 aliphatic carbocycles. The normalized spacial score (nSPS) is 7.00. The topological polar surface area (TPSA) is 20.2 Å². The van der Waals surface area contributed by atoms with Gasteiger partial charge >= 0.3 is 0 Å². The SMILES string of the molecule is CCCCO.[AlH3]. The Labute approximate surface area is 49.5 Å². The monoisotopic (exact) mass is 104 g/mol. The highest BCUT2D eigenvalue weighted by Crippen LogP contribution is 1.78. The summed E-state index contributed by atoms with van der Waals surface area (Å²) in [5, 5.41) is 8.07. The molecule has 0 unspecified atom stereocenters. The third-order valence-electron chi connectivity index (χ3n) is 0.512. The fourth-order valence-electron chi connectivity index (χ4n) is 0.158. The molecule has 0 aromatic carbocycles. The van der Waals surface area contributed by atoms with Crippen molar-refractivity contribution in [3.05, 3.63) is 0 Å². The van der Waals surface area contributed by atoms with Crippen LogP contribution in [0.4, 0.5) is 0 Å². The number of aliphatic hydroxyl groups is 1. The Morgan fingerprint density at radius 2 is 2.00 bits per heavy atom. The van der Waals surface area contributed by atoms with Crippen LogP contribution in [0.2, 0.25) is 0 Å². The van der Waals surface area contributed by atoms with E-state index in [1.165, 1.54) is 0 Å². The van der Waals surface area contributed by atoms with Crippen molar-refractivity contribution in [3.63, 3.8) is 0 Å². The van der Waals surface area contributed by atoms with Gasteiger partial charge < -0.3 is 5.11 Å². The van der Waals surface area contributed by atoms with Crippen molar-refractivity contribution < 1.29 is 5.11 Å². The Balaban J connectivity index is 0. The lowest BCUT2D eigenvalue weighted by Crippen LogP contribution is -1.75. The second-order valence-corrected chi connectivity index (χ2v) is 1.08. The molecule has 0 fully saturated rings. The van der Waals surface area contributed by atoms with Crippen molar-refractivity contribution in [2.24, 2.45) is 0 Å². The standard InChI is InChI=1S/C4H10O.Al.3H/c1-2-3-4-5;;;;/h5H,2-4H2,1H3;;;;. The zero-order chi connectivity index (χ0) is 4.12. The van der Waals surface area contributed by atoms with Gasteiger partial charge in [0.15, 0.2) is 17.4 Å². The minimum atomic E-state index is 0. The van der Waals surface area contributed by atoms with Crippen LogP contribution >= 0.6 is 0 Å². The van der Waals surface area contributed by atoms with Gasteiger partial charge in [0, 0.05) is 6.61 Å². The van der Waals surface area contributed by atoms with Crippen LogP contribution in [0.1, 0.15) is 19.8 Å². The van der Waals surface area contributed by atoms with Crippen LogP contribution < -0.4 is 0 Å². The first-order valence-electron chi connectivity index (χ1n) is 2.02. The lowest BCUT2D eigenvalue weighted by Gasteiger charge is -1.79. The maximum atomic E-state index is 8.07. The second kappa shape index (κ2) is 9.09. The maximum Gasteiger partial charge on any atom is 0.187 e. The van der Waals surface area contributed by atoms with Crippen LogP contribution in [-0.4, -0.2) is 29.1 Å². The third-order valence-corrected chi connectivity index (χ3v) is 0.512. The van der Waals surface area contributed by atoms with Crippen LogP contribution in [-0.2, 0) is 0 Å². The molecular formula is C4H13AlO. The average molecular weight is 104 g/mol. The summed E-state index contributed by atoms with van der Waals surface area (Å²) in [5.41, 5.74) is 0. The van der Waals surface area contributed by atoms with Gasteiger partial charge in [-0.25, -0.2) is 0 Å². The van der Waals surface area contributed by atoms with E-state index in [0.717, 1.165) is 12.8 Å². The first-order valence-corrected chi connectivity index (χ1v) is 2.02. The number of aliphatic hydroxyl groups excluding tert-OH is 1. The molecule has 0 aliphatic heterocycles. The Hall–Kier alpha value is 0.492. The highest BCUT2D eigenvalue weighted by Gasteiger charge is 1.69. The molecule has 0 atom stereocenters. The fourth-order valence-corrected chi connectivity index (χ4v) is 0.158. The summed E-state index contributed by atoms with van der Waals surface area (Å²) >= 11 is 0. The molecule has 0 saturated heterocycles. The van der Waals surface area contributed by atoms with Gasteiger partial charge in [0.2, 0.25) is 0 Å². The van der Waals surface area contributed by atoms with E-state index in [1.807, 2.05) is 0 Å². The molecule has 2 heteroatoms. The molecular weight excluding hydrogens is 91.0 g/mol. The van der Waals surface area contributed by atoms with Gasteiger partial charge in [0.25, 0.3) is 0 Å². The second-order valence-electron chi connectivity index (χ2n) is 1.08. The van der Waals surface area contributed by atoms with E-state index in [4.69, 9.17) is 5.11 Å². The molecule has 0 bridgehead atoms. The summed E-state index contributed by atoms with van der Waals surface area (Å²) in [6.07, 6.45) is 2.04. The van der Waals surface area contributed by atoms with Crippen molar-refractivity contribution in [1.82, 2.24) is 0 Å². The predicted molar refractivity (Wildman–Crippen MR) is 31.9 cm³/mol. The third kappa shape index (κ3) is 8.82. The fraction of sp³-hybridized carbons (Fsp3) is 1.00. The maximum absolute atomic E-state index is 8.07. The molecule has 0 spiro atoms. The van der Waals surface area contributed by atoms with Gasteiger partial charge in [-0.2, -0.15) is 0 Å². The predicted octanol–water partition coefficient (Wildman–Crippen LogP) is -0.405. The number of hydrogen-bond acceptors (Lipinski definition) is 1. The van der Waals surface area contributed by atoms with Crippen LogP contribution in [0.25, 0.3) is 0 Å². The highest BCUT2D eigenvalue weighted by molar-refractivity contribution is 5.75. The van der Waals surface area contributed by atoms with E-state index in [2.05, 4.69) is 6.92 Å². The highest BCUT2D eigenvalue weighted by atomic mass is 27.0. The first-order chi connectivity index (χ1) is 2.41. The Morgan fingerprint density at radius 3 is 2.00 bits per heavy atom. The van der Waals surface area contributed by atoms with E-state index in [9.17, 15) is 0 Å². The van der Waals surface area contributed by atoms with Crippen molar-refractivity contribution in [2.45, 2.75) is 19.8 Å². The number of unbranched alkanes of at least 4 members (excludes halogenated alkanes) is 1. The van der Waals surface area contributed by atoms with Gasteiger partial charge in [-0.05, 0) is 6.42 Å². The summed E-state index contributed by atoms with van der Waals surface area (Å²) in [6, 6.07) is 0. The molecule has 38 valence electrons. The lowest BCUT2D eigenvalue weighted by molar-refractivity contribution is 0.287. The summed E-state index contributed by atoms with van der Waals surface area (Å²) in [6.45, 7) is 2.40. The summed E-state index contributed by atoms with van der Waals surface area (Å²) in [7, 11) is 0. The van der Waals surface area contributed by atoms with Crippen LogP contribution in [0.15, 0.2) is 0 Å². The lowest BCUT2D eigenvalue weighted by atomic mass is 10.4. The first kappa shape index (κ1) is 9.70. The average Bonchev–Trinajstić information content (AvgIpc) is 1.41. The largest absolute Gasteiger partial charge is 0.396 e. The van der Waals surface area contributed by atoms with E-state index in [1.54, 1.807) is 0 Å². The van der Waals surface area contributed by atoms with Crippen molar-refractivity contribution in [3.8, 4) is 0 Å². The van der Waals surface area contributed by atoms with Crippen molar-refractivity contribution in [1.29, 1.82) is 0 Å². The zero-order valence-electron chi connectivity index (χ0n) is 3.57. The number of rotatable bonds is 2. The van der Waals surface area contributed by atoms with Gasteiger partial charge in [0.05, 0.1) is 0 Å². The molecule has 0 heterocycles. The van der Waals surface area contributed by atoms with Crippen molar-refractivity contribution >= 4 is 17.4 Å². The van der Waals surface area contributed by atoms with Crippen molar-refractivity contribution in [2.75, 3.05) is 6.61 Å². The summed E-state index contributed by atoms with van der Waals surface area (Å²) in [5.74, 6) is 0. The van der Waals surface area contributed by atoms with E-state index in [0.29, 0.717) is 6.61 Å². The van der Waals surface area contributed by atoms with Crippen LogP contribution in [0.3, 0.4) is 0 Å². The smallest absolute Gasteiger partial charge is 0.187 e. The Kier molecular flexibility index (Phi) is 14.7. The molecule has 0 aromatic rings. The molecule has 0 saturated carbocycles. The van der Waals surface area contributed by atoms with E-state index < -0.39 is 0 Å². The minimum Gasteiger partial charge on any atom is -0.396 e. The Bertz CT molecular complexity index is 15.0. The molecule has 1 N–H and O–H groups in total. The van der Waals surface area contributed by atoms with Gasteiger partial charge in [0.1, 0.15) is 0 Å². The quantitative estimate of drug-likeness (QED) is 0.472. The van der Waals surface area contributed by atoms with E-state index >= 15 is 0 Å². The number of hydrogen-bond donors (Lipinski definition) is 1. The molecule has 6 heavy (non-hydrogen) atoms. The molecule has 0 radical (unpaired) electrons. The molecule has 0 aliphatic rings. The van der Waals surface area contributed by atoms with E-state index in [-0.39, 0.29) is 17.4 Å². The molecule has 0 amide bonds. The van der Waals surface area contributed by atoms with Crippen LogP contribution in [0.5, 0.6) is 0 Å². The van der Waals surface area contributed by atoms with Gasteiger partial charge in [-0.15, -0.1) is 0 Å².